The first-order valence-corrected chi connectivity index (χ1v) is 11.2. The Kier molecular flexibility index (Phi) is 5.52. The molecule has 0 fully saturated rings. The summed E-state index contributed by atoms with van der Waals surface area (Å²) in [6.45, 7) is 0.271. The molecule has 30 heavy (non-hydrogen) atoms. The number of H-pyrrole nitrogens is 1. The lowest BCUT2D eigenvalue weighted by atomic mass is 10.2. The van der Waals surface area contributed by atoms with Crippen molar-refractivity contribution < 1.29 is 13.9 Å². The number of aromatic amines is 1. The molecule has 1 unspecified atom stereocenters. The molecule has 2 aromatic heterocycles. The number of imidazole rings is 1. The molecule has 1 atom stereocenters. The predicted molar refractivity (Wildman–Crippen MR) is 118 cm³/mol. The molecule has 2 aromatic carbocycles. The first kappa shape index (κ1) is 20.4. The van der Waals surface area contributed by atoms with Crippen LogP contribution in [0.2, 0.25) is 5.02 Å². The van der Waals surface area contributed by atoms with E-state index in [2.05, 4.69) is 15.3 Å². The molecule has 2 N–H and O–H groups in total. The molecule has 1 amide bonds. The van der Waals surface area contributed by atoms with Gasteiger partial charge in [0.05, 0.1) is 23.9 Å². The number of benzene rings is 2. The van der Waals surface area contributed by atoms with E-state index in [-0.39, 0.29) is 12.2 Å². The summed E-state index contributed by atoms with van der Waals surface area (Å²) < 4.78 is 21.5. The zero-order valence-electron chi connectivity index (χ0n) is 16.4. The molecule has 0 bridgehead atoms. The van der Waals surface area contributed by atoms with Gasteiger partial charge in [-0.05, 0) is 30.3 Å². The number of hydrogen-bond acceptors (Lipinski definition) is 4. The molecule has 0 aliphatic carbocycles. The lowest BCUT2D eigenvalue weighted by Gasteiger charge is -2.18. The van der Waals surface area contributed by atoms with Crippen molar-refractivity contribution in [2.24, 2.45) is 7.05 Å². The maximum atomic E-state index is 14.1. The highest BCUT2D eigenvalue weighted by atomic mass is 35.5. The van der Waals surface area contributed by atoms with Crippen molar-refractivity contribution in [3.63, 3.8) is 0 Å². The van der Waals surface area contributed by atoms with Gasteiger partial charge in [0.2, 0.25) is 0 Å². The first-order chi connectivity index (χ1) is 14.4. The van der Waals surface area contributed by atoms with E-state index >= 15 is 0 Å². The van der Waals surface area contributed by atoms with Crippen molar-refractivity contribution >= 4 is 46.4 Å². The van der Waals surface area contributed by atoms with Crippen LogP contribution < -0.4 is 15.9 Å². The van der Waals surface area contributed by atoms with Gasteiger partial charge in [0.25, 0.3) is 13.3 Å². The molecule has 4 aromatic rings. The van der Waals surface area contributed by atoms with Crippen LogP contribution in [0.5, 0.6) is 0 Å². The van der Waals surface area contributed by atoms with Crippen molar-refractivity contribution in [3.05, 3.63) is 77.5 Å². The van der Waals surface area contributed by atoms with Crippen LogP contribution in [0.15, 0.2) is 61.1 Å². The fourth-order valence-corrected chi connectivity index (χ4v) is 5.73. The molecule has 154 valence electrons. The minimum absolute atomic E-state index is 0.184. The normalized spacial score (nSPS) is 13.3. The Bertz CT molecular complexity index is 1270. The highest BCUT2D eigenvalue weighted by Crippen LogP contribution is 2.47. The number of aromatic nitrogens is 3. The van der Waals surface area contributed by atoms with Crippen LogP contribution in [0.25, 0.3) is 10.9 Å². The Hall–Kier alpha value is -2.86. The molecule has 0 saturated heterocycles. The molecule has 0 spiro atoms. The van der Waals surface area contributed by atoms with Crippen LogP contribution in [0, 0.1) is 0 Å². The van der Waals surface area contributed by atoms with E-state index in [1.807, 2.05) is 17.7 Å². The van der Waals surface area contributed by atoms with Gasteiger partial charge in [-0.3, -0.25) is 9.36 Å². The Morgan fingerprint density at radius 1 is 1.27 bits per heavy atom. The summed E-state index contributed by atoms with van der Waals surface area (Å²) in [5.41, 5.74) is 1.67. The number of amides is 1. The highest BCUT2D eigenvalue weighted by molar-refractivity contribution is 7.75. The van der Waals surface area contributed by atoms with Gasteiger partial charge in [-0.15, -0.1) is 0 Å². The summed E-state index contributed by atoms with van der Waals surface area (Å²) in [4.78, 5) is 20.3. The second kappa shape index (κ2) is 8.11. The molecule has 0 saturated carbocycles. The van der Waals surface area contributed by atoms with E-state index < -0.39 is 13.3 Å². The van der Waals surface area contributed by atoms with Gasteiger partial charge in [0.15, 0.2) is 0 Å². The SMILES string of the molecule is COP(=O)(c1ccccc1)c1c(C(=O)NCc2cncn2C)[nH]c2ccc(Cl)cc12. The Morgan fingerprint density at radius 3 is 2.70 bits per heavy atom. The van der Waals surface area contributed by atoms with Crippen LogP contribution >= 0.6 is 19.0 Å². The van der Waals surface area contributed by atoms with Crippen molar-refractivity contribution in [2.45, 2.75) is 6.54 Å². The number of aryl methyl sites for hydroxylation is 1. The fraction of sp³-hybridized carbons (Fsp3) is 0.143. The highest BCUT2D eigenvalue weighted by Gasteiger charge is 2.35. The predicted octanol–water partition coefficient (Wildman–Crippen LogP) is 3.36. The summed E-state index contributed by atoms with van der Waals surface area (Å²) in [5, 5.41) is 4.72. The summed E-state index contributed by atoms with van der Waals surface area (Å²) in [5.74, 6) is -0.397. The number of fused-ring (bicyclic) bond motifs is 1. The van der Waals surface area contributed by atoms with Crippen molar-refractivity contribution in [3.8, 4) is 0 Å². The Labute approximate surface area is 178 Å². The van der Waals surface area contributed by atoms with Gasteiger partial charge >= 0.3 is 0 Å². The number of nitrogens with zero attached hydrogens (tertiary/aromatic N) is 2. The summed E-state index contributed by atoms with van der Waals surface area (Å²) in [7, 11) is -0.346. The minimum Gasteiger partial charge on any atom is -0.350 e. The second-order valence-corrected chi connectivity index (χ2v) is 9.65. The lowest BCUT2D eigenvalue weighted by Crippen LogP contribution is -2.30. The molecule has 4 rings (SSSR count). The van der Waals surface area contributed by atoms with E-state index in [0.29, 0.717) is 26.5 Å². The van der Waals surface area contributed by atoms with E-state index in [9.17, 15) is 9.36 Å². The third-order valence-corrected chi connectivity index (χ3v) is 7.73. The van der Waals surface area contributed by atoms with Gasteiger partial charge in [0.1, 0.15) is 5.69 Å². The number of nitrogens with one attached hydrogen (secondary N) is 2. The van der Waals surface area contributed by atoms with Crippen LogP contribution in [-0.4, -0.2) is 27.6 Å². The Morgan fingerprint density at radius 2 is 2.03 bits per heavy atom. The molecule has 0 aliphatic rings. The number of carbonyl (C=O) groups excluding carboxylic acids is 1. The number of rotatable bonds is 6. The third kappa shape index (κ3) is 3.56. The average Bonchev–Trinajstić information content (AvgIpc) is 3.35. The van der Waals surface area contributed by atoms with E-state index in [1.54, 1.807) is 55.0 Å². The van der Waals surface area contributed by atoms with E-state index in [4.69, 9.17) is 16.1 Å². The molecular weight excluding hydrogens is 423 g/mol. The molecule has 7 nitrogen and oxygen atoms in total. The molecular formula is C21H20ClN4O3P. The van der Waals surface area contributed by atoms with E-state index in [1.165, 1.54) is 7.11 Å². The lowest BCUT2D eigenvalue weighted by molar-refractivity contribution is 0.0947. The van der Waals surface area contributed by atoms with Gasteiger partial charge < -0.3 is 19.4 Å². The topological polar surface area (TPSA) is 89.0 Å². The smallest absolute Gasteiger partial charge is 0.268 e. The van der Waals surface area contributed by atoms with Gasteiger partial charge in [0, 0.05) is 41.6 Å². The van der Waals surface area contributed by atoms with Crippen molar-refractivity contribution in [1.29, 1.82) is 0 Å². The maximum absolute atomic E-state index is 14.1. The largest absolute Gasteiger partial charge is 0.350 e. The van der Waals surface area contributed by atoms with Crippen LogP contribution in [0.4, 0.5) is 0 Å². The monoisotopic (exact) mass is 442 g/mol. The number of halogens is 1. The molecule has 0 radical (unpaired) electrons. The number of carbonyl (C=O) groups is 1. The first-order valence-electron chi connectivity index (χ1n) is 9.20. The second-order valence-electron chi connectivity index (χ2n) is 6.79. The Balaban J connectivity index is 1.85. The van der Waals surface area contributed by atoms with E-state index in [0.717, 1.165) is 5.69 Å². The zero-order chi connectivity index (χ0) is 21.3. The van der Waals surface area contributed by atoms with Crippen molar-refractivity contribution in [1.82, 2.24) is 19.9 Å². The van der Waals surface area contributed by atoms with Crippen LogP contribution in [0.1, 0.15) is 16.2 Å². The van der Waals surface area contributed by atoms with Gasteiger partial charge in [-0.1, -0.05) is 29.8 Å². The molecule has 0 aliphatic heterocycles. The van der Waals surface area contributed by atoms with Crippen LogP contribution in [-0.2, 0) is 22.7 Å². The summed E-state index contributed by atoms with van der Waals surface area (Å²) in [6, 6.07) is 14.0. The quantitative estimate of drug-likeness (QED) is 0.448. The van der Waals surface area contributed by atoms with Crippen molar-refractivity contribution in [2.75, 3.05) is 7.11 Å². The standard InChI is InChI=1S/C21H20ClN4O3P/c1-26-13-23-11-15(26)12-24-21(27)19-20(17-10-14(22)8-9-18(17)25-19)30(28,29-2)16-6-4-3-5-7-16/h3-11,13,25H,12H2,1-2H3,(H,24,27). The average molecular weight is 443 g/mol. The molecule has 2 heterocycles. The maximum Gasteiger partial charge on any atom is 0.268 e. The summed E-state index contributed by atoms with van der Waals surface area (Å²) >= 11 is 6.21. The zero-order valence-corrected chi connectivity index (χ0v) is 18.1. The summed E-state index contributed by atoms with van der Waals surface area (Å²) in [6.07, 6.45) is 3.34. The van der Waals surface area contributed by atoms with Gasteiger partial charge in [-0.2, -0.15) is 0 Å². The third-order valence-electron chi connectivity index (χ3n) is 4.95. The minimum atomic E-state index is -3.58. The number of hydrogen-bond donors (Lipinski definition) is 2. The van der Waals surface area contributed by atoms with Gasteiger partial charge in [-0.25, -0.2) is 4.98 Å². The fourth-order valence-electron chi connectivity index (χ4n) is 3.38. The molecule has 9 heteroatoms. The van der Waals surface area contributed by atoms with Crippen LogP contribution in [0.3, 0.4) is 0 Å².